The van der Waals surface area contributed by atoms with Gasteiger partial charge in [-0.15, -0.1) is 64.7 Å². The first-order valence-electron chi connectivity index (χ1n) is 9.48. The van der Waals surface area contributed by atoms with Crippen LogP contribution in [0.5, 0.6) is 0 Å². The van der Waals surface area contributed by atoms with Gasteiger partial charge in [-0.1, -0.05) is 17.7 Å². The maximum absolute atomic E-state index is 12.6. The van der Waals surface area contributed by atoms with Crippen molar-refractivity contribution < 1.29 is 42.3 Å². The van der Waals surface area contributed by atoms with Crippen LogP contribution in [-0.2, 0) is 42.3 Å². The summed E-state index contributed by atoms with van der Waals surface area (Å²) in [5.74, 6) is -0.231. The van der Waals surface area contributed by atoms with Crippen molar-refractivity contribution >= 4 is 22.7 Å². The molecule has 3 aliphatic carbocycles. The van der Waals surface area contributed by atoms with Gasteiger partial charge in [0, 0.05) is 5.92 Å². The van der Waals surface area contributed by atoms with E-state index in [0.717, 1.165) is 33.4 Å². The fraction of sp³-hybridized carbons (Fsp3) is 0.231. The van der Waals surface area contributed by atoms with Crippen LogP contribution in [-0.4, -0.2) is 11.6 Å². The molecule has 2 aromatic rings. The van der Waals surface area contributed by atoms with Crippen LogP contribution in [0.4, 0.5) is 0 Å². The molecule has 0 aromatic heterocycles. The van der Waals surface area contributed by atoms with E-state index in [1.165, 1.54) is 5.92 Å². The van der Waals surface area contributed by atoms with E-state index in [9.17, 15) is 9.59 Å². The Kier molecular flexibility index (Phi) is 7.97. The molecular weight excluding hydrogens is 433 g/mol. The van der Waals surface area contributed by atoms with Crippen LogP contribution in [0.1, 0.15) is 44.4 Å². The number of carbonyl (C=O) groups is 2. The summed E-state index contributed by atoms with van der Waals surface area (Å²) in [6, 6.07) is 18.6. The first-order valence-corrected chi connectivity index (χ1v) is 9.48. The van der Waals surface area contributed by atoms with Gasteiger partial charge in [-0.3, -0.25) is 9.59 Å². The van der Waals surface area contributed by atoms with Crippen molar-refractivity contribution in [2.75, 3.05) is 0 Å². The smallest absolute Gasteiger partial charge is 0.323 e. The second kappa shape index (κ2) is 9.82. The molecule has 3 heteroatoms. The molecule has 0 spiro atoms. The molecule has 3 aliphatic rings. The molecule has 2 nitrogen and oxygen atoms in total. The number of ketones is 2. The predicted octanol–water partition coefficient (Wildman–Crippen LogP) is 5.54. The van der Waals surface area contributed by atoms with Crippen molar-refractivity contribution in [1.82, 2.24) is 0 Å². The normalized spacial score (nSPS) is 20.1. The van der Waals surface area contributed by atoms with Crippen LogP contribution < -0.4 is 0 Å². The zero-order valence-electron chi connectivity index (χ0n) is 17.5. The topological polar surface area (TPSA) is 34.1 Å². The van der Waals surface area contributed by atoms with Crippen LogP contribution in [0.25, 0.3) is 11.1 Å². The molecular formula is C26H25O2Y. The van der Waals surface area contributed by atoms with Gasteiger partial charge in [-0.25, -0.2) is 0 Å². The van der Waals surface area contributed by atoms with Gasteiger partial charge in [0.15, 0.2) is 0 Å². The van der Waals surface area contributed by atoms with Crippen molar-refractivity contribution in [2.24, 2.45) is 11.8 Å². The minimum atomic E-state index is -0.518. The van der Waals surface area contributed by atoms with E-state index in [1.807, 2.05) is 61.5 Å². The van der Waals surface area contributed by atoms with Gasteiger partial charge < -0.3 is 5.92 Å². The Labute approximate surface area is 199 Å². The molecule has 5 rings (SSSR count). The molecule has 0 N–H and O–H groups in total. The Bertz CT molecular complexity index is 964. The van der Waals surface area contributed by atoms with Crippen LogP contribution in [0.3, 0.4) is 0 Å². The standard InChI is InChI=1S/C22H16O2.C4H9.Y/c1-13-8-6-7-11-16(13)20-18-14(2)12-17(21(23)22(18)24)19(20)15-9-4-3-5-10-15;1-4(2)3;/h3-9,11-12,17-18H,1H2,2H3;1-3H3;/q-2;-1;+3. The number of allylic oxidation sites excluding steroid dienone is 4. The third kappa shape index (κ3) is 4.70. The molecule has 29 heavy (non-hydrogen) atoms. The van der Waals surface area contributed by atoms with Crippen molar-refractivity contribution in [2.45, 2.75) is 27.7 Å². The summed E-state index contributed by atoms with van der Waals surface area (Å²) in [7, 11) is 0. The molecule has 2 aromatic carbocycles. The van der Waals surface area contributed by atoms with Gasteiger partial charge in [0.2, 0.25) is 11.6 Å². The molecule has 2 atom stereocenters. The average Bonchev–Trinajstić information content (AvgIpc) is 2.65. The predicted molar refractivity (Wildman–Crippen MR) is 114 cm³/mol. The summed E-state index contributed by atoms with van der Waals surface area (Å²) in [6.45, 7) is 12.3. The zero-order chi connectivity index (χ0) is 20.4. The Morgan fingerprint density at radius 3 is 2.14 bits per heavy atom. The molecule has 0 aliphatic heterocycles. The van der Waals surface area contributed by atoms with Crippen LogP contribution in [0.2, 0.25) is 0 Å². The largest absolute Gasteiger partial charge is 3.00 e. The summed E-state index contributed by atoms with van der Waals surface area (Å²) >= 11 is 0. The monoisotopic (exact) mass is 458 g/mol. The summed E-state index contributed by atoms with van der Waals surface area (Å²) in [6.07, 6.45) is 1.93. The van der Waals surface area contributed by atoms with E-state index < -0.39 is 11.8 Å². The van der Waals surface area contributed by atoms with Crippen LogP contribution in [0, 0.1) is 30.7 Å². The Morgan fingerprint density at radius 2 is 1.55 bits per heavy atom. The number of rotatable bonds is 2. The average molecular weight is 458 g/mol. The molecule has 0 radical (unpaired) electrons. The number of carbonyl (C=O) groups excluding carboxylic acids is 2. The number of benzene rings is 2. The number of Topliss-reactive ketones (excluding diaryl/α,β-unsaturated/α-hetero) is 2. The Balaban J connectivity index is 0.000000552. The first-order chi connectivity index (χ1) is 13.3. The van der Waals surface area contributed by atoms with Crippen LogP contribution >= 0.6 is 0 Å². The van der Waals surface area contributed by atoms with Gasteiger partial charge in [-0.2, -0.15) is 39.3 Å². The number of hydrogen-bond acceptors (Lipinski definition) is 2. The molecule has 0 saturated heterocycles. The second-order valence-electron chi connectivity index (χ2n) is 7.81. The van der Waals surface area contributed by atoms with E-state index in [2.05, 4.69) is 33.8 Å². The van der Waals surface area contributed by atoms with E-state index in [-0.39, 0.29) is 44.3 Å². The first kappa shape index (κ1) is 23.5. The summed E-state index contributed by atoms with van der Waals surface area (Å²) in [5, 5.41) is 0. The molecule has 0 heterocycles. The quantitative estimate of drug-likeness (QED) is 0.336. The third-order valence-electron chi connectivity index (χ3n) is 4.87. The van der Waals surface area contributed by atoms with Crippen molar-refractivity contribution in [1.29, 1.82) is 0 Å². The van der Waals surface area contributed by atoms with E-state index >= 15 is 0 Å². The maximum atomic E-state index is 12.6. The second-order valence-corrected chi connectivity index (χ2v) is 7.81. The van der Waals surface area contributed by atoms with Gasteiger partial charge in [0.1, 0.15) is 0 Å². The molecule has 2 bridgehead atoms. The maximum Gasteiger partial charge on any atom is 3.00 e. The number of hydrogen-bond donors (Lipinski definition) is 0. The molecule has 0 fully saturated rings. The SMILES string of the molecule is C[C-](C)C.[CH2-]c1ccccc1C1=C(c2[c-]cccc2)C2C=C(C)C1C(=O)C2=O.[Y+3]. The fourth-order valence-corrected chi connectivity index (χ4v) is 3.79. The van der Waals surface area contributed by atoms with Crippen molar-refractivity contribution in [3.05, 3.63) is 95.8 Å². The van der Waals surface area contributed by atoms with Crippen LogP contribution in [0.15, 0.2) is 60.2 Å². The molecule has 144 valence electrons. The van der Waals surface area contributed by atoms with Crippen molar-refractivity contribution in [3.63, 3.8) is 0 Å². The van der Waals surface area contributed by atoms with E-state index in [0.29, 0.717) is 0 Å². The Hall–Kier alpha value is -1.77. The van der Waals surface area contributed by atoms with Gasteiger partial charge in [0.25, 0.3) is 0 Å². The summed E-state index contributed by atoms with van der Waals surface area (Å²) in [5.41, 5.74) is 5.43. The van der Waals surface area contributed by atoms with Gasteiger partial charge in [-0.05, 0) is 6.92 Å². The zero-order valence-corrected chi connectivity index (χ0v) is 20.3. The minimum Gasteiger partial charge on any atom is -0.323 e. The molecule has 0 amide bonds. The van der Waals surface area contributed by atoms with Gasteiger partial charge >= 0.3 is 32.7 Å². The van der Waals surface area contributed by atoms with E-state index in [1.54, 1.807) is 0 Å². The third-order valence-corrected chi connectivity index (χ3v) is 4.87. The molecule has 2 unspecified atom stereocenters. The summed E-state index contributed by atoms with van der Waals surface area (Å²) < 4.78 is 0. The number of fused-ring (bicyclic) bond motifs is 1. The Morgan fingerprint density at radius 1 is 0.931 bits per heavy atom. The van der Waals surface area contributed by atoms with E-state index in [4.69, 9.17) is 0 Å². The summed E-state index contributed by atoms with van der Waals surface area (Å²) in [4.78, 5) is 25.1. The van der Waals surface area contributed by atoms with Gasteiger partial charge in [0.05, 0.1) is 5.92 Å². The minimum absolute atomic E-state index is 0. The molecule has 0 saturated carbocycles. The fourth-order valence-electron chi connectivity index (χ4n) is 3.79. The van der Waals surface area contributed by atoms with Crippen molar-refractivity contribution in [3.8, 4) is 0 Å².